The van der Waals surface area contributed by atoms with Crippen LogP contribution in [0.15, 0.2) is 30.3 Å². The first-order chi connectivity index (χ1) is 11.7. The summed E-state index contributed by atoms with van der Waals surface area (Å²) < 4.78 is 5.44. The van der Waals surface area contributed by atoms with Crippen molar-refractivity contribution in [3.63, 3.8) is 0 Å². The van der Waals surface area contributed by atoms with Crippen molar-refractivity contribution < 1.29 is 14.3 Å². The van der Waals surface area contributed by atoms with Crippen molar-refractivity contribution >= 4 is 22.9 Å². The van der Waals surface area contributed by atoms with Crippen LogP contribution in [0, 0.1) is 0 Å². The molecule has 2 heterocycles. The van der Waals surface area contributed by atoms with Gasteiger partial charge in [-0.1, -0.05) is 42.1 Å². The number of nitrogens with one attached hydrogen (secondary N) is 1. The third-order valence-corrected chi connectivity index (χ3v) is 5.23. The zero-order valence-corrected chi connectivity index (χ0v) is 14.5. The first kappa shape index (κ1) is 17.3. The summed E-state index contributed by atoms with van der Waals surface area (Å²) in [5, 5.41) is 3.00. The van der Waals surface area contributed by atoms with Crippen LogP contribution < -0.4 is 5.32 Å². The molecule has 2 saturated heterocycles. The monoisotopic (exact) mass is 349 g/mol. The Labute approximate surface area is 146 Å². The summed E-state index contributed by atoms with van der Waals surface area (Å²) >= 11 is 1.28. The summed E-state index contributed by atoms with van der Waals surface area (Å²) in [6.45, 7) is 4.50. The molecule has 1 atom stereocenters. The highest BCUT2D eigenvalue weighted by Gasteiger charge is 2.25. The molecule has 2 aliphatic heterocycles. The molecule has 2 aliphatic rings. The van der Waals surface area contributed by atoms with E-state index in [1.54, 1.807) is 4.90 Å². The van der Waals surface area contributed by atoms with Crippen molar-refractivity contribution in [2.45, 2.75) is 6.04 Å². The van der Waals surface area contributed by atoms with E-state index in [2.05, 4.69) is 22.3 Å². The molecule has 0 saturated carbocycles. The molecule has 2 fully saturated rings. The summed E-state index contributed by atoms with van der Waals surface area (Å²) in [5.74, 6) is 0.673. The van der Waals surface area contributed by atoms with E-state index < -0.39 is 0 Å². The number of ether oxygens (including phenoxy) is 1. The number of morpholine rings is 1. The van der Waals surface area contributed by atoms with Gasteiger partial charge in [0.05, 0.1) is 19.3 Å². The molecule has 0 bridgehead atoms. The number of carbonyl (C=O) groups is 2. The summed E-state index contributed by atoms with van der Waals surface area (Å²) in [4.78, 5) is 27.8. The molecule has 1 N–H and O–H groups in total. The van der Waals surface area contributed by atoms with Gasteiger partial charge < -0.3 is 15.0 Å². The third-order valence-electron chi connectivity index (χ3n) is 4.34. The largest absolute Gasteiger partial charge is 0.379 e. The Bertz CT molecular complexity index is 563. The van der Waals surface area contributed by atoms with Crippen molar-refractivity contribution in [3.8, 4) is 0 Å². The van der Waals surface area contributed by atoms with Crippen LogP contribution in [0.1, 0.15) is 11.6 Å². The standard InChI is InChI=1S/C17H23N3O3S/c21-16(13-20-8-11-24-17(20)22)18-12-15(14-4-2-1-3-5-14)19-6-9-23-10-7-19/h1-5,15H,6-13H2,(H,18,21). The second-order valence-electron chi connectivity index (χ2n) is 5.91. The fourth-order valence-electron chi connectivity index (χ4n) is 3.03. The normalized spacial score (nSPS) is 20.2. The molecule has 0 aromatic heterocycles. The second kappa shape index (κ2) is 8.50. The highest BCUT2D eigenvalue weighted by Crippen LogP contribution is 2.21. The van der Waals surface area contributed by atoms with E-state index in [-0.39, 0.29) is 23.7 Å². The summed E-state index contributed by atoms with van der Waals surface area (Å²) in [5.41, 5.74) is 1.19. The fraction of sp³-hybridized carbons (Fsp3) is 0.529. The quantitative estimate of drug-likeness (QED) is 0.840. The van der Waals surface area contributed by atoms with Gasteiger partial charge in [0.25, 0.3) is 5.24 Å². The Morgan fingerprint density at radius 3 is 2.62 bits per heavy atom. The molecule has 24 heavy (non-hydrogen) atoms. The molecule has 0 aliphatic carbocycles. The van der Waals surface area contributed by atoms with Gasteiger partial charge in [0.15, 0.2) is 0 Å². The molecule has 130 valence electrons. The molecule has 7 heteroatoms. The molecule has 0 spiro atoms. The number of carbonyl (C=O) groups excluding carboxylic acids is 2. The van der Waals surface area contributed by atoms with E-state index in [0.29, 0.717) is 13.1 Å². The van der Waals surface area contributed by atoms with E-state index >= 15 is 0 Å². The van der Waals surface area contributed by atoms with Crippen molar-refractivity contribution in [2.75, 3.05) is 51.7 Å². The van der Waals surface area contributed by atoms with Crippen LogP contribution in [0.3, 0.4) is 0 Å². The minimum Gasteiger partial charge on any atom is -0.379 e. The fourth-order valence-corrected chi connectivity index (χ4v) is 3.86. The van der Waals surface area contributed by atoms with Crippen molar-refractivity contribution in [1.82, 2.24) is 15.1 Å². The van der Waals surface area contributed by atoms with E-state index in [9.17, 15) is 9.59 Å². The Morgan fingerprint density at radius 2 is 1.96 bits per heavy atom. The number of nitrogens with zero attached hydrogens (tertiary/aromatic N) is 2. The van der Waals surface area contributed by atoms with Gasteiger partial charge in [-0.2, -0.15) is 0 Å². The van der Waals surface area contributed by atoms with E-state index in [1.165, 1.54) is 17.3 Å². The van der Waals surface area contributed by atoms with Gasteiger partial charge >= 0.3 is 0 Å². The number of thioether (sulfide) groups is 1. The molecule has 1 unspecified atom stereocenters. The molecular weight excluding hydrogens is 326 g/mol. The maximum absolute atomic E-state index is 12.2. The molecule has 1 aromatic rings. The lowest BCUT2D eigenvalue weighted by molar-refractivity contribution is -0.121. The topological polar surface area (TPSA) is 61.9 Å². The number of hydrogen-bond donors (Lipinski definition) is 1. The van der Waals surface area contributed by atoms with Crippen LogP contribution >= 0.6 is 11.8 Å². The number of amides is 2. The lowest BCUT2D eigenvalue weighted by Gasteiger charge is -2.35. The maximum atomic E-state index is 12.2. The van der Waals surface area contributed by atoms with Crippen LogP contribution in [-0.2, 0) is 9.53 Å². The Morgan fingerprint density at radius 1 is 1.21 bits per heavy atom. The highest BCUT2D eigenvalue weighted by molar-refractivity contribution is 8.13. The average Bonchev–Trinajstić information content (AvgIpc) is 3.02. The Balaban J connectivity index is 1.59. The Kier molecular flexibility index (Phi) is 6.12. The summed E-state index contributed by atoms with van der Waals surface area (Å²) in [6, 6.07) is 10.3. The molecule has 0 radical (unpaired) electrons. The van der Waals surface area contributed by atoms with E-state index in [4.69, 9.17) is 4.74 Å². The lowest BCUT2D eigenvalue weighted by Crippen LogP contribution is -2.45. The van der Waals surface area contributed by atoms with E-state index in [0.717, 1.165) is 32.1 Å². The Hall–Kier alpha value is -1.57. The number of hydrogen-bond acceptors (Lipinski definition) is 5. The molecule has 2 amide bonds. The predicted molar refractivity (Wildman–Crippen MR) is 94.0 cm³/mol. The van der Waals surface area contributed by atoms with Crippen LogP contribution in [-0.4, -0.2) is 72.6 Å². The van der Waals surface area contributed by atoms with Crippen molar-refractivity contribution in [3.05, 3.63) is 35.9 Å². The highest BCUT2D eigenvalue weighted by atomic mass is 32.2. The number of rotatable bonds is 6. The van der Waals surface area contributed by atoms with Crippen LogP contribution in [0.2, 0.25) is 0 Å². The van der Waals surface area contributed by atoms with Gasteiger partial charge in [-0.15, -0.1) is 0 Å². The van der Waals surface area contributed by atoms with Crippen molar-refractivity contribution in [2.24, 2.45) is 0 Å². The smallest absolute Gasteiger partial charge is 0.282 e. The average molecular weight is 349 g/mol. The minimum atomic E-state index is -0.0972. The summed E-state index contributed by atoms with van der Waals surface area (Å²) in [6.07, 6.45) is 0. The first-order valence-electron chi connectivity index (χ1n) is 8.29. The molecule has 3 rings (SSSR count). The van der Waals surface area contributed by atoms with Gasteiger partial charge in [0.2, 0.25) is 5.91 Å². The maximum Gasteiger partial charge on any atom is 0.282 e. The molecular formula is C17H23N3O3S. The minimum absolute atomic E-state index is 0.00191. The predicted octanol–water partition coefficient (Wildman–Crippen LogP) is 1.34. The van der Waals surface area contributed by atoms with Crippen LogP contribution in [0.5, 0.6) is 0 Å². The SMILES string of the molecule is O=C(CN1CCSC1=O)NCC(c1ccccc1)N1CCOCC1. The van der Waals surface area contributed by atoms with E-state index in [1.807, 2.05) is 18.2 Å². The zero-order chi connectivity index (χ0) is 16.8. The van der Waals surface area contributed by atoms with Gasteiger partial charge in [-0.05, 0) is 5.56 Å². The number of benzene rings is 1. The molecule has 6 nitrogen and oxygen atoms in total. The zero-order valence-electron chi connectivity index (χ0n) is 13.6. The van der Waals surface area contributed by atoms with Gasteiger partial charge in [0.1, 0.15) is 6.54 Å². The second-order valence-corrected chi connectivity index (χ2v) is 6.96. The van der Waals surface area contributed by atoms with Gasteiger partial charge in [-0.3, -0.25) is 14.5 Å². The van der Waals surface area contributed by atoms with Crippen molar-refractivity contribution in [1.29, 1.82) is 0 Å². The lowest BCUT2D eigenvalue weighted by atomic mass is 10.0. The van der Waals surface area contributed by atoms with Gasteiger partial charge in [-0.25, -0.2) is 0 Å². The third kappa shape index (κ3) is 4.49. The molecule has 1 aromatic carbocycles. The van der Waals surface area contributed by atoms with Gasteiger partial charge in [0, 0.05) is 31.9 Å². The first-order valence-corrected chi connectivity index (χ1v) is 9.28. The summed E-state index contributed by atoms with van der Waals surface area (Å²) in [7, 11) is 0. The van der Waals surface area contributed by atoms with Crippen LogP contribution in [0.4, 0.5) is 4.79 Å². The van der Waals surface area contributed by atoms with Crippen LogP contribution in [0.25, 0.3) is 0 Å².